The Morgan fingerprint density at radius 3 is 2.80 bits per heavy atom. The SMILES string of the molecule is CCCOC(=O)C1=C(C)Nc2nc(SCc3ccccc3Cl)nn2C1c1ccc(O)c(OCC)c1. The Labute approximate surface area is 213 Å². The summed E-state index contributed by atoms with van der Waals surface area (Å²) >= 11 is 7.75. The summed E-state index contributed by atoms with van der Waals surface area (Å²) in [7, 11) is 0. The molecule has 0 saturated heterocycles. The molecular weight excluding hydrogens is 488 g/mol. The van der Waals surface area contributed by atoms with Gasteiger partial charge in [0.05, 0.1) is 18.8 Å². The lowest BCUT2D eigenvalue weighted by atomic mass is 9.95. The summed E-state index contributed by atoms with van der Waals surface area (Å²) in [5, 5.41) is 19.4. The molecule has 1 aliphatic heterocycles. The molecule has 1 atom stereocenters. The number of ether oxygens (including phenoxy) is 2. The van der Waals surface area contributed by atoms with Gasteiger partial charge in [0.2, 0.25) is 11.1 Å². The summed E-state index contributed by atoms with van der Waals surface area (Å²) < 4.78 is 12.8. The van der Waals surface area contributed by atoms with E-state index < -0.39 is 12.0 Å². The van der Waals surface area contributed by atoms with E-state index >= 15 is 0 Å². The number of carbonyl (C=O) groups excluding carboxylic acids is 1. The topological polar surface area (TPSA) is 98.5 Å². The lowest BCUT2D eigenvalue weighted by Gasteiger charge is -2.28. The molecule has 1 unspecified atom stereocenters. The molecule has 3 aromatic rings. The zero-order valence-corrected chi connectivity index (χ0v) is 21.3. The van der Waals surface area contributed by atoms with Gasteiger partial charge in [-0.05, 0) is 49.6 Å². The van der Waals surface area contributed by atoms with E-state index in [4.69, 9.17) is 26.2 Å². The maximum Gasteiger partial charge on any atom is 0.338 e. The molecule has 0 bridgehead atoms. The largest absolute Gasteiger partial charge is 0.504 e. The number of aromatic nitrogens is 3. The zero-order valence-electron chi connectivity index (χ0n) is 19.7. The second-order valence-electron chi connectivity index (χ2n) is 7.90. The molecule has 1 aliphatic rings. The van der Waals surface area contributed by atoms with Gasteiger partial charge < -0.3 is 19.9 Å². The number of anilines is 1. The van der Waals surface area contributed by atoms with E-state index in [0.717, 1.165) is 5.56 Å². The number of aromatic hydroxyl groups is 1. The average Bonchev–Trinajstić information content (AvgIpc) is 3.25. The van der Waals surface area contributed by atoms with Crippen molar-refractivity contribution >= 4 is 35.3 Å². The molecule has 10 heteroatoms. The van der Waals surface area contributed by atoms with E-state index in [1.165, 1.54) is 11.8 Å². The molecule has 0 fully saturated rings. The molecule has 2 heterocycles. The Morgan fingerprint density at radius 2 is 2.06 bits per heavy atom. The number of rotatable bonds is 9. The van der Waals surface area contributed by atoms with E-state index in [1.807, 2.05) is 45.0 Å². The van der Waals surface area contributed by atoms with Crippen molar-refractivity contribution in [1.82, 2.24) is 14.8 Å². The minimum Gasteiger partial charge on any atom is -0.504 e. The Balaban J connectivity index is 1.73. The summed E-state index contributed by atoms with van der Waals surface area (Å²) in [4.78, 5) is 17.8. The van der Waals surface area contributed by atoms with Crippen LogP contribution in [0.4, 0.5) is 5.95 Å². The zero-order chi connectivity index (χ0) is 24.9. The van der Waals surface area contributed by atoms with E-state index in [9.17, 15) is 9.90 Å². The highest BCUT2D eigenvalue weighted by Gasteiger charge is 2.35. The van der Waals surface area contributed by atoms with Gasteiger partial charge in [-0.15, -0.1) is 5.10 Å². The van der Waals surface area contributed by atoms with E-state index in [0.29, 0.717) is 64.1 Å². The van der Waals surface area contributed by atoms with Gasteiger partial charge in [-0.25, -0.2) is 9.48 Å². The van der Waals surface area contributed by atoms with Crippen LogP contribution in [0.3, 0.4) is 0 Å². The molecule has 1 aromatic heterocycles. The number of phenolic OH excluding ortho intramolecular Hbond substituents is 1. The van der Waals surface area contributed by atoms with Gasteiger partial charge in [-0.3, -0.25) is 0 Å². The number of halogens is 1. The summed E-state index contributed by atoms with van der Waals surface area (Å²) in [5.74, 6) is 1.03. The van der Waals surface area contributed by atoms with Crippen LogP contribution in [-0.4, -0.2) is 39.1 Å². The van der Waals surface area contributed by atoms with Gasteiger partial charge in [0.1, 0.15) is 6.04 Å². The van der Waals surface area contributed by atoms with Gasteiger partial charge in [0.25, 0.3) is 0 Å². The lowest BCUT2D eigenvalue weighted by molar-refractivity contribution is -0.139. The van der Waals surface area contributed by atoms with Crippen LogP contribution in [0.5, 0.6) is 11.5 Å². The third kappa shape index (κ3) is 5.41. The molecule has 35 heavy (non-hydrogen) atoms. The lowest BCUT2D eigenvalue weighted by Crippen LogP contribution is -2.29. The molecule has 8 nitrogen and oxygen atoms in total. The monoisotopic (exact) mass is 514 g/mol. The predicted molar refractivity (Wildman–Crippen MR) is 136 cm³/mol. The number of nitrogens with zero attached hydrogens (tertiary/aromatic N) is 3. The first-order valence-corrected chi connectivity index (χ1v) is 12.7. The number of carbonyl (C=O) groups is 1. The van der Waals surface area contributed by atoms with Crippen LogP contribution in [0.1, 0.15) is 44.4 Å². The predicted octanol–water partition coefficient (Wildman–Crippen LogP) is 5.57. The van der Waals surface area contributed by atoms with Crippen molar-refractivity contribution < 1.29 is 19.4 Å². The van der Waals surface area contributed by atoms with Gasteiger partial charge in [-0.2, -0.15) is 4.98 Å². The fourth-order valence-electron chi connectivity index (χ4n) is 3.77. The maximum atomic E-state index is 13.1. The normalized spacial score (nSPS) is 14.9. The molecule has 2 aromatic carbocycles. The number of phenols is 1. The fraction of sp³-hybridized carbons (Fsp3) is 0.320. The first kappa shape index (κ1) is 24.9. The first-order valence-electron chi connectivity index (χ1n) is 11.4. The standard InChI is InChI=1S/C25H27ClN4O4S/c1-4-12-34-23(32)21-15(3)27-24-28-25(35-14-17-8-6-7-9-18(17)26)29-30(24)22(21)16-10-11-19(31)20(13-16)33-5-2/h6-11,13,22,31H,4-5,12,14H2,1-3H3,(H,27,28,29). The highest BCUT2D eigenvalue weighted by atomic mass is 35.5. The van der Waals surface area contributed by atoms with Crippen LogP contribution in [0, 0.1) is 0 Å². The summed E-state index contributed by atoms with van der Waals surface area (Å²) in [5.41, 5.74) is 2.75. The summed E-state index contributed by atoms with van der Waals surface area (Å²) in [6.07, 6.45) is 0.710. The number of esters is 1. The molecule has 4 rings (SSSR count). The van der Waals surface area contributed by atoms with Crippen molar-refractivity contribution in [1.29, 1.82) is 0 Å². The van der Waals surface area contributed by atoms with Crippen molar-refractivity contribution in [3.63, 3.8) is 0 Å². The van der Waals surface area contributed by atoms with Gasteiger partial charge in [0.15, 0.2) is 11.5 Å². The van der Waals surface area contributed by atoms with Gasteiger partial charge >= 0.3 is 5.97 Å². The third-order valence-corrected chi connectivity index (χ3v) is 6.66. The summed E-state index contributed by atoms with van der Waals surface area (Å²) in [6, 6.07) is 12.0. The Kier molecular flexibility index (Phi) is 7.87. The minimum atomic E-state index is -0.613. The van der Waals surface area contributed by atoms with Crippen molar-refractivity contribution in [2.75, 3.05) is 18.5 Å². The molecule has 2 N–H and O–H groups in total. The number of thioether (sulfide) groups is 1. The van der Waals surface area contributed by atoms with E-state index in [1.54, 1.807) is 22.9 Å². The number of allylic oxidation sites excluding steroid dienone is 1. The maximum absolute atomic E-state index is 13.1. The van der Waals surface area contributed by atoms with Crippen LogP contribution in [0.2, 0.25) is 5.02 Å². The van der Waals surface area contributed by atoms with Crippen molar-refractivity contribution in [2.24, 2.45) is 0 Å². The highest BCUT2D eigenvalue weighted by molar-refractivity contribution is 7.98. The average molecular weight is 515 g/mol. The smallest absolute Gasteiger partial charge is 0.338 e. The fourth-order valence-corrected chi connectivity index (χ4v) is 4.88. The van der Waals surface area contributed by atoms with E-state index in [2.05, 4.69) is 10.3 Å². The van der Waals surface area contributed by atoms with Crippen molar-refractivity contribution in [3.8, 4) is 11.5 Å². The van der Waals surface area contributed by atoms with Crippen molar-refractivity contribution in [2.45, 2.75) is 44.1 Å². The second kappa shape index (κ2) is 11.0. The number of hydrogen-bond donors (Lipinski definition) is 2. The molecule has 0 spiro atoms. The molecular formula is C25H27ClN4O4S. The van der Waals surface area contributed by atoms with Crippen LogP contribution < -0.4 is 10.1 Å². The number of nitrogens with one attached hydrogen (secondary N) is 1. The van der Waals surface area contributed by atoms with Crippen LogP contribution in [0.25, 0.3) is 0 Å². The van der Waals surface area contributed by atoms with E-state index in [-0.39, 0.29) is 5.75 Å². The van der Waals surface area contributed by atoms with Crippen molar-refractivity contribution in [3.05, 3.63) is 69.9 Å². The van der Waals surface area contributed by atoms with Crippen LogP contribution >= 0.6 is 23.4 Å². The quantitative estimate of drug-likeness (QED) is 0.282. The molecule has 0 aliphatic carbocycles. The number of fused-ring (bicyclic) bond motifs is 1. The second-order valence-corrected chi connectivity index (χ2v) is 9.25. The van der Waals surface area contributed by atoms with Crippen LogP contribution in [0.15, 0.2) is 58.9 Å². The minimum absolute atomic E-state index is 0.0233. The molecule has 0 saturated carbocycles. The molecule has 184 valence electrons. The van der Waals surface area contributed by atoms with Gasteiger partial charge in [0, 0.05) is 16.5 Å². The third-order valence-electron chi connectivity index (χ3n) is 5.40. The number of benzene rings is 2. The highest BCUT2D eigenvalue weighted by Crippen LogP contribution is 2.40. The Hall–Kier alpha value is -3.17. The number of hydrogen-bond acceptors (Lipinski definition) is 8. The molecule has 0 radical (unpaired) electrons. The van der Waals surface area contributed by atoms with Gasteiger partial charge in [-0.1, -0.05) is 54.6 Å². The molecule has 0 amide bonds. The van der Waals surface area contributed by atoms with Crippen LogP contribution in [-0.2, 0) is 15.3 Å². The Morgan fingerprint density at radius 1 is 1.26 bits per heavy atom. The summed E-state index contributed by atoms with van der Waals surface area (Å²) in [6.45, 7) is 6.30. The first-order chi connectivity index (χ1) is 16.9. The Bertz CT molecular complexity index is 1260.